The van der Waals surface area contributed by atoms with Crippen LogP contribution in [0.5, 0.6) is 0 Å². The SMILES string of the molecule is O=C(NC1(C(=O)O)CCSC1)c1cn(-c2cccc(C(F)(F)F)c2)nn1. The zero-order valence-corrected chi connectivity index (χ0v) is 14.0. The Balaban J connectivity index is 1.82. The summed E-state index contributed by atoms with van der Waals surface area (Å²) in [5, 5.41) is 19.1. The van der Waals surface area contributed by atoms with Crippen LogP contribution in [0, 0.1) is 0 Å². The minimum atomic E-state index is -4.51. The third-order valence-corrected chi connectivity index (χ3v) is 5.14. The van der Waals surface area contributed by atoms with E-state index in [2.05, 4.69) is 15.6 Å². The zero-order valence-electron chi connectivity index (χ0n) is 13.2. The largest absolute Gasteiger partial charge is 0.479 e. The molecule has 0 bridgehead atoms. The van der Waals surface area contributed by atoms with Crippen LogP contribution in [-0.2, 0) is 11.0 Å². The quantitative estimate of drug-likeness (QED) is 0.834. The fourth-order valence-corrected chi connectivity index (χ4v) is 3.81. The molecule has 1 atom stereocenters. The topological polar surface area (TPSA) is 97.1 Å². The number of carboxylic acid groups (broad SMARTS) is 1. The number of aliphatic carboxylic acids is 1. The fraction of sp³-hybridized carbons (Fsp3) is 0.333. The first-order valence-corrected chi connectivity index (χ1v) is 8.60. The van der Waals surface area contributed by atoms with E-state index in [-0.39, 0.29) is 23.6 Å². The molecule has 1 fully saturated rings. The molecule has 1 amide bonds. The van der Waals surface area contributed by atoms with Gasteiger partial charge in [0, 0.05) is 5.75 Å². The Morgan fingerprint density at radius 2 is 2.12 bits per heavy atom. The van der Waals surface area contributed by atoms with E-state index in [0.29, 0.717) is 5.75 Å². The maximum absolute atomic E-state index is 12.8. The first kappa shape index (κ1) is 18.2. The summed E-state index contributed by atoms with van der Waals surface area (Å²) in [7, 11) is 0. The molecule has 1 aliphatic rings. The van der Waals surface area contributed by atoms with Crippen LogP contribution in [0.4, 0.5) is 13.2 Å². The molecule has 2 aromatic rings. The Morgan fingerprint density at radius 3 is 2.73 bits per heavy atom. The molecule has 11 heteroatoms. The number of carbonyl (C=O) groups excluding carboxylic acids is 1. The summed E-state index contributed by atoms with van der Waals surface area (Å²) in [6, 6.07) is 4.40. The van der Waals surface area contributed by atoms with E-state index >= 15 is 0 Å². The number of rotatable bonds is 4. The van der Waals surface area contributed by atoms with Gasteiger partial charge in [-0.2, -0.15) is 24.9 Å². The molecule has 26 heavy (non-hydrogen) atoms. The second-order valence-electron chi connectivity index (χ2n) is 5.74. The van der Waals surface area contributed by atoms with Gasteiger partial charge in [0.05, 0.1) is 17.4 Å². The molecule has 1 aliphatic heterocycles. The second kappa shape index (κ2) is 6.63. The molecule has 2 N–H and O–H groups in total. The van der Waals surface area contributed by atoms with Crippen molar-refractivity contribution < 1.29 is 27.9 Å². The van der Waals surface area contributed by atoms with Crippen molar-refractivity contribution in [2.24, 2.45) is 0 Å². The van der Waals surface area contributed by atoms with Gasteiger partial charge in [-0.15, -0.1) is 5.10 Å². The molecule has 0 saturated carbocycles. The molecule has 1 aromatic carbocycles. The number of carboxylic acids is 1. The van der Waals surface area contributed by atoms with Crippen LogP contribution in [0.3, 0.4) is 0 Å². The average molecular weight is 386 g/mol. The van der Waals surface area contributed by atoms with Crippen LogP contribution in [0.2, 0.25) is 0 Å². The number of aromatic nitrogens is 3. The number of hydrogen-bond donors (Lipinski definition) is 2. The first-order chi connectivity index (χ1) is 12.2. The van der Waals surface area contributed by atoms with Crippen LogP contribution in [0.1, 0.15) is 22.5 Å². The molecule has 2 heterocycles. The molecule has 138 valence electrons. The van der Waals surface area contributed by atoms with Crippen molar-refractivity contribution >= 4 is 23.6 Å². The van der Waals surface area contributed by atoms with Gasteiger partial charge in [-0.1, -0.05) is 11.3 Å². The maximum Gasteiger partial charge on any atom is 0.416 e. The van der Waals surface area contributed by atoms with Crippen LogP contribution >= 0.6 is 11.8 Å². The molecule has 1 aromatic heterocycles. The number of nitrogens with zero attached hydrogens (tertiary/aromatic N) is 3. The first-order valence-electron chi connectivity index (χ1n) is 7.45. The molecule has 3 rings (SSSR count). The lowest BCUT2D eigenvalue weighted by Gasteiger charge is -2.23. The van der Waals surface area contributed by atoms with Gasteiger partial charge in [0.2, 0.25) is 0 Å². The smallest absolute Gasteiger partial charge is 0.416 e. The Bertz CT molecular complexity index is 847. The van der Waals surface area contributed by atoms with Crippen molar-refractivity contribution in [2.75, 3.05) is 11.5 Å². The lowest BCUT2D eigenvalue weighted by atomic mass is 9.99. The van der Waals surface area contributed by atoms with Crippen LogP contribution in [0.25, 0.3) is 5.69 Å². The molecular formula is C15H13F3N4O3S. The van der Waals surface area contributed by atoms with Gasteiger partial charge in [-0.05, 0) is 30.4 Å². The summed E-state index contributed by atoms with van der Waals surface area (Å²) in [4.78, 5) is 23.8. The van der Waals surface area contributed by atoms with Crippen LogP contribution in [-0.4, -0.2) is 49.0 Å². The second-order valence-corrected chi connectivity index (χ2v) is 6.85. The average Bonchev–Trinajstić information content (AvgIpc) is 3.24. The summed E-state index contributed by atoms with van der Waals surface area (Å²) in [5.41, 5.74) is -2.33. The van der Waals surface area contributed by atoms with Crippen molar-refractivity contribution in [3.63, 3.8) is 0 Å². The molecule has 0 aliphatic carbocycles. The molecule has 1 saturated heterocycles. The lowest BCUT2D eigenvalue weighted by molar-refractivity contribution is -0.143. The Morgan fingerprint density at radius 1 is 1.35 bits per heavy atom. The van der Waals surface area contributed by atoms with E-state index in [0.717, 1.165) is 23.0 Å². The summed E-state index contributed by atoms with van der Waals surface area (Å²) < 4.78 is 39.4. The minimum Gasteiger partial charge on any atom is -0.479 e. The standard InChI is InChI=1S/C15H13F3N4O3S/c16-15(17,18)9-2-1-3-10(6-9)22-7-11(20-21-22)12(23)19-14(13(24)25)4-5-26-8-14/h1-3,6-7H,4-5,8H2,(H,19,23)(H,24,25). The highest BCUT2D eigenvalue weighted by molar-refractivity contribution is 7.99. The van der Waals surface area contributed by atoms with Crippen molar-refractivity contribution in [2.45, 2.75) is 18.1 Å². The van der Waals surface area contributed by atoms with Crippen LogP contribution in [0.15, 0.2) is 30.5 Å². The van der Waals surface area contributed by atoms with E-state index in [1.165, 1.54) is 23.9 Å². The fourth-order valence-electron chi connectivity index (χ4n) is 2.49. The predicted molar refractivity (Wildman–Crippen MR) is 86.1 cm³/mol. The van der Waals surface area contributed by atoms with E-state index < -0.39 is 29.2 Å². The maximum atomic E-state index is 12.8. The summed E-state index contributed by atoms with van der Waals surface area (Å²) in [5.74, 6) is -1.05. The van der Waals surface area contributed by atoms with Gasteiger partial charge in [0.25, 0.3) is 5.91 Å². The molecule has 0 spiro atoms. The zero-order chi connectivity index (χ0) is 18.9. The van der Waals surface area contributed by atoms with Gasteiger partial charge in [-0.25, -0.2) is 9.48 Å². The number of nitrogens with one attached hydrogen (secondary N) is 1. The lowest BCUT2D eigenvalue weighted by Crippen LogP contribution is -2.54. The molecule has 7 nitrogen and oxygen atoms in total. The number of alkyl halides is 3. The summed E-state index contributed by atoms with van der Waals surface area (Å²) in [6.45, 7) is 0. The molecular weight excluding hydrogens is 373 g/mol. The van der Waals surface area contributed by atoms with Crippen molar-refractivity contribution in [3.8, 4) is 5.69 Å². The third-order valence-electron chi connectivity index (χ3n) is 3.95. The van der Waals surface area contributed by atoms with Crippen molar-refractivity contribution in [3.05, 3.63) is 41.7 Å². The highest BCUT2D eigenvalue weighted by Gasteiger charge is 2.43. The van der Waals surface area contributed by atoms with Gasteiger partial charge in [-0.3, -0.25) is 4.79 Å². The van der Waals surface area contributed by atoms with E-state index in [9.17, 15) is 27.9 Å². The summed E-state index contributed by atoms with van der Waals surface area (Å²) >= 11 is 1.41. The van der Waals surface area contributed by atoms with Crippen LogP contribution < -0.4 is 5.32 Å². The van der Waals surface area contributed by atoms with Crippen molar-refractivity contribution in [1.82, 2.24) is 20.3 Å². The molecule has 0 radical (unpaired) electrons. The number of hydrogen-bond acceptors (Lipinski definition) is 5. The Labute approximate surface area is 149 Å². The number of thioether (sulfide) groups is 1. The normalized spacial score (nSPS) is 20.1. The van der Waals surface area contributed by atoms with E-state index in [4.69, 9.17) is 0 Å². The number of halogens is 3. The Hall–Kier alpha value is -2.56. The monoisotopic (exact) mass is 386 g/mol. The number of benzene rings is 1. The van der Waals surface area contributed by atoms with E-state index in [1.54, 1.807) is 0 Å². The predicted octanol–water partition coefficient (Wildman–Crippen LogP) is 1.98. The van der Waals surface area contributed by atoms with Gasteiger partial charge < -0.3 is 10.4 Å². The minimum absolute atomic E-state index is 0.0794. The van der Waals surface area contributed by atoms with Gasteiger partial charge in [0.15, 0.2) is 5.69 Å². The third kappa shape index (κ3) is 3.52. The van der Waals surface area contributed by atoms with Crippen molar-refractivity contribution in [1.29, 1.82) is 0 Å². The highest BCUT2D eigenvalue weighted by atomic mass is 32.2. The Kier molecular flexibility index (Phi) is 4.65. The van der Waals surface area contributed by atoms with E-state index in [1.807, 2.05) is 0 Å². The number of amides is 1. The number of carbonyl (C=O) groups is 2. The van der Waals surface area contributed by atoms with Gasteiger partial charge >= 0.3 is 12.1 Å². The molecule has 1 unspecified atom stereocenters. The highest BCUT2D eigenvalue weighted by Crippen LogP contribution is 2.30. The summed E-state index contributed by atoms with van der Waals surface area (Å²) in [6.07, 6.45) is -3.08. The van der Waals surface area contributed by atoms with Gasteiger partial charge in [0.1, 0.15) is 5.54 Å².